The molecule has 0 spiro atoms. The lowest BCUT2D eigenvalue weighted by Gasteiger charge is -2.16. The summed E-state index contributed by atoms with van der Waals surface area (Å²) >= 11 is 1.56. The van der Waals surface area contributed by atoms with E-state index in [1.807, 2.05) is 12.1 Å². The Kier molecular flexibility index (Phi) is 5.19. The Labute approximate surface area is 160 Å². The van der Waals surface area contributed by atoms with Crippen molar-refractivity contribution < 1.29 is 4.79 Å². The van der Waals surface area contributed by atoms with Crippen LogP contribution < -0.4 is 15.8 Å². The highest BCUT2D eigenvalue weighted by atomic mass is 32.2. The molecule has 0 aromatic carbocycles. The molecule has 0 aliphatic carbocycles. The van der Waals surface area contributed by atoms with Crippen LogP contribution in [0.1, 0.15) is 24.1 Å². The molecular formula is C18H20N6O2S. The fraction of sp³-hybridized carbons (Fsp3) is 0.389. The van der Waals surface area contributed by atoms with Crippen molar-refractivity contribution >= 4 is 28.7 Å². The van der Waals surface area contributed by atoms with Crippen LogP contribution in [-0.4, -0.2) is 50.8 Å². The van der Waals surface area contributed by atoms with E-state index in [9.17, 15) is 9.59 Å². The number of thioether (sulfide) groups is 1. The second kappa shape index (κ2) is 7.91. The monoisotopic (exact) mass is 384 g/mol. The standard InChI is InChI=1S/C18H20N6O2S/c25-15-9-13(21-18(23-15)24-7-1-2-8-24)10-20-16(26)14-11-27-17(22-14)12-3-5-19-6-4-12/h3-6,9,14H,1-2,7-8,10-11H2,(H,20,26)(H,21,23,25)/t14-/m1/s1. The van der Waals surface area contributed by atoms with E-state index in [4.69, 9.17) is 0 Å². The average Bonchev–Trinajstić information content (AvgIpc) is 3.38. The van der Waals surface area contributed by atoms with Crippen molar-refractivity contribution in [2.75, 3.05) is 23.7 Å². The largest absolute Gasteiger partial charge is 0.349 e. The maximum atomic E-state index is 12.5. The molecule has 140 valence electrons. The zero-order valence-electron chi connectivity index (χ0n) is 14.7. The third-order valence-corrected chi connectivity index (χ3v) is 5.61. The number of amides is 1. The number of nitrogens with one attached hydrogen (secondary N) is 2. The summed E-state index contributed by atoms with van der Waals surface area (Å²) in [6.45, 7) is 2.00. The summed E-state index contributed by atoms with van der Waals surface area (Å²) in [4.78, 5) is 42.2. The van der Waals surface area contributed by atoms with Crippen LogP contribution in [0.4, 0.5) is 5.95 Å². The van der Waals surface area contributed by atoms with Gasteiger partial charge in [0.25, 0.3) is 5.56 Å². The zero-order valence-corrected chi connectivity index (χ0v) is 15.5. The summed E-state index contributed by atoms with van der Waals surface area (Å²) < 4.78 is 0. The molecule has 2 aliphatic rings. The summed E-state index contributed by atoms with van der Waals surface area (Å²) in [6.07, 6.45) is 5.62. The Morgan fingerprint density at radius 2 is 2.07 bits per heavy atom. The van der Waals surface area contributed by atoms with E-state index in [2.05, 4.69) is 30.2 Å². The van der Waals surface area contributed by atoms with Crippen LogP contribution in [0.2, 0.25) is 0 Å². The van der Waals surface area contributed by atoms with E-state index in [0.29, 0.717) is 17.4 Å². The molecule has 4 rings (SSSR count). The van der Waals surface area contributed by atoms with Crippen molar-refractivity contribution in [3.05, 3.63) is 52.2 Å². The van der Waals surface area contributed by atoms with Gasteiger partial charge in [0, 0.05) is 42.9 Å². The number of anilines is 1. The molecule has 0 radical (unpaired) electrons. The van der Waals surface area contributed by atoms with Crippen LogP contribution in [0.25, 0.3) is 0 Å². The summed E-state index contributed by atoms with van der Waals surface area (Å²) in [6, 6.07) is 4.76. The van der Waals surface area contributed by atoms with Crippen molar-refractivity contribution in [3.63, 3.8) is 0 Å². The molecule has 2 aromatic rings. The molecule has 0 unspecified atom stereocenters. The molecule has 0 bridgehead atoms. The Bertz CT molecular complexity index is 908. The Hall–Kier alpha value is -2.68. The van der Waals surface area contributed by atoms with E-state index in [-0.39, 0.29) is 18.0 Å². The van der Waals surface area contributed by atoms with Crippen LogP contribution in [0.15, 0.2) is 40.4 Å². The molecule has 2 aromatic heterocycles. The predicted octanol–water partition coefficient (Wildman–Crippen LogP) is 0.944. The molecule has 2 aliphatic heterocycles. The van der Waals surface area contributed by atoms with Gasteiger partial charge in [-0.1, -0.05) is 0 Å². The van der Waals surface area contributed by atoms with E-state index >= 15 is 0 Å². The van der Waals surface area contributed by atoms with Crippen molar-refractivity contribution in [1.82, 2.24) is 20.3 Å². The van der Waals surface area contributed by atoms with E-state index in [1.54, 1.807) is 24.2 Å². The number of aliphatic imine (C=N–C) groups is 1. The van der Waals surface area contributed by atoms with Crippen molar-refractivity contribution in [3.8, 4) is 0 Å². The van der Waals surface area contributed by atoms with Gasteiger partial charge in [0.1, 0.15) is 6.04 Å². The third-order valence-electron chi connectivity index (χ3n) is 4.51. The number of aromatic nitrogens is 3. The van der Waals surface area contributed by atoms with E-state index in [1.165, 1.54) is 6.07 Å². The number of rotatable bonds is 5. The Morgan fingerprint density at radius 1 is 1.30 bits per heavy atom. The topological polar surface area (TPSA) is 103 Å². The second-order valence-electron chi connectivity index (χ2n) is 6.47. The molecule has 8 nitrogen and oxygen atoms in total. The summed E-state index contributed by atoms with van der Waals surface area (Å²) in [5, 5.41) is 3.70. The van der Waals surface area contributed by atoms with E-state index in [0.717, 1.165) is 36.5 Å². The minimum Gasteiger partial charge on any atom is -0.349 e. The highest BCUT2D eigenvalue weighted by Gasteiger charge is 2.25. The van der Waals surface area contributed by atoms with Crippen LogP contribution in [0, 0.1) is 0 Å². The second-order valence-corrected chi connectivity index (χ2v) is 7.48. The van der Waals surface area contributed by atoms with Crippen molar-refractivity contribution in [2.45, 2.75) is 25.4 Å². The predicted molar refractivity (Wildman–Crippen MR) is 105 cm³/mol. The van der Waals surface area contributed by atoms with E-state index < -0.39 is 6.04 Å². The normalized spacial score (nSPS) is 19.2. The maximum Gasteiger partial charge on any atom is 0.252 e. The van der Waals surface area contributed by atoms with Crippen LogP contribution >= 0.6 is 11.8 Å². The molecule has 9 heteroatoms. The van der Waals surface area contributed by atoms with Gasteiger partial charge in [0.15, 0.2) is 0 Å². The molecule has 27 heavy (non-hydrogen) atoms. The number of aromatic amines is 1. The molecule has 2 N–H and O–H groups in total. The minimum absolute atomic E-state index is 0.156. The molecule has 1 saturated heterocycles. The number of carbonyl (C=O) groups is 1. The average molecular weight is 384 g/mol. The lowest BCUT2D eigenvalue weighted by molar-refractivity contribution is -0.121. The first-order valence-electron chi connectivity index (χ1n) is 8.93. The molecular weight excluding hydrogens is 364 g/mol. The van der Waals surface area contributed by atoms with Gasteiger partial charge in [-0.15, -0.1) is 11.8 Å². The zero-order chi connectivity index (χ0) is 18.6. The highest BCUT2D eigenvalue weighted by Crippen LogP contribution is 2.23. The van der Waals surface area contributed by atoms with Gasteiger partial charge in [0.2, 0.25) is 11.9 Å². The lowest BCUT2D eigenvalue weighted by Crippen LogP contribution is -2.34. The van der Waals surface area contributed by atoms with Gasteiger partial charge in [-0.3, -0.25) is 24.5 Å². The van der Waals surface area contributed by atoms with Gasteiger partial charge in [-0.25, -0.2) is 4.98 Å². The molecule has 1 fully saturated rings. The van der Waals surface area contributed by atoms with Crippen LogP contribution in [-0.2, 0) is 11.3 Å². The Balaban J connectivity index is 1.40. The third kappa shape index (κ3) is 4.19. The molecule has 0 saturated carbocycles. The first kappa shape index (κ1) is 17.7. The number of hydrogen-bond donors (Lipinski definition) is 2. The molecule has 1 amide bonds. The summed E-state index contributed by atoms with van der Waals surface area (Å²) in [5.41, 5.74) is 1.32. The fourth-order valence-corrected chi connectivity index (χ4v) is 4.17. The number of pyridine rings is 1. The lowest BCUT2D eigenvalue weighted by atomic mass is 10.3. The molecule has 4 heterocycles. The summed E-state index contributed by atoms with van der Waals surface area (Å²) in [7, 11) is 0. The Morgan fingerprint density at radius 3 is 2.85 bits per heavy atom. The number of carbonyl (C=O) groups excluding carboxylic acids is 1. The molecule has 1 atom stereocenters. The number of H-pyrrole nitrogens is 1. The quantitative estimate of drug-likeness (QED) is 0.795. The first-order chi connectivity index (χ1) is 13.2. The smallest absolute Gasteiger partial charge is 0.252 e. The van der Waals surface area contributed by atoms with Gasteiger partial charge in [-0.05, 0) is 25.0 Å². The highest BCUT2D eigenvalue weighted by molar-refractivity contribution is 8.14. The maximum absolute atomic E-state index is 12.5. The fourth-order valence-electron chi connectivity index (χ4n) is 3.12. The first-order valence-corrected chi connectivity index (χ1v) is 9.91. The SMILES string of the molecule is O=C(NCc1cc(=O)[nH]c(N2CCCC2)n1)[C@H]1CSC(c2ccncc2)=N1. The van der Waals surface area contributed by atoms with Gasteiger partial charge >= 0.3 is 0 Å². The minimum atomic E-state index is -0.432. The van der Waals surface area contributed by atoms with Gasteiger partial charge < -0.3 is 10.2 Å². The van der Waals surface area contributed by atoms with Crippen LogP contribution in [0.3, 0.4) is 0 Å². The summed E-state index contributed by atoms with van der Waals surface area (Å²) in [5.74, 6) is 1.03. The number of nitrogens with zero attached hydrogens (tertiary/aromatic N) is 4. The van der Waals surface area contributed by atoms with Crippen LogP contribution in [0.5, 0.6) is 0 Å². The van der Waals surface area contributed by atoms with Gasteiger partial charge in [0.05, 0.1) is 17.3 Å². The van der Waals surface area contributed by atoms with Crippen molar-refractivity contribution in [1.29, 1.82) is 0 Å². The number of hydrogen-bond acceptors (Lipinski definition) is 7. The van der Waals surface area contributed by atoms with Crippen molar-refractivity contribution in [2.24, 2.45) is 4.99 Å². The van der Waals surface area contributed by atoms with Gasteiger partial charge in [-0.2, -0.15) is 0 Å².